The Labute approximate surface area is 205 Å². The predicted octanol–water partition coefficient (Wildman–Crippen LogP) is 5.57. The summed E-state index contributed by atoms with van der Waals surface area (Å²) in [5, 5.41) is 18.1. The van der Waals surface area contributed by atoms with E-state index in [0.717, 1.165) is 22.1 Å². The molecule has 2 atom stereocenters. The van der Waals surface area contributed by atoms with Crippen LogP contribution in [-0.4, -0.2) is 22.5 Å². The Morgan fingerprint density at radius 1 is 1.06 bits per heavy atom. The van der Waals surface area contributed by atoms with Gasteiger partial charge in [-0.05, 0) is 77.2 Å². The number of carbonyl (C=O) groups excluding carboxylic acids is 2. The smallest absolute Gasteiger partial charge is 0.326 e. The molecule has 2 bridgehead atoms. The number of carbonyl (C=O) groups is 2. The van der Waals surface area contributed by atoms with E-state index < -0.39 is 27.1 Å². The summed E-state index contributed by atoms with van der Waals surface area (Å²) < 4.78 is 1.09. The molecule has 4 rings (SSSR count). The van der Waals surface area contributed by atoms with Crippen molar-refractivity contribution in [1.82, 2.24) is 0 Å². The fraction of sp³-hybridized carbons (Fsp3) is 0.375. The van der Waals surface area contributed by atoms with E-state index in [9.17, 15) is 19.7 Å². The summed E-state index contributed by atoms with van der Waals surface area (Å²) in [7, 11) is 0. The van der Waals surface area contributed by atoms with Crippen LogP contribution in [0, 0.1) is 29.9 Å². The van der Waals surface area contributed by atoms with Crippen molar-refractivity contribution in [2.75, 3.05) is 5.32 Å². The summed E-state index contributed by atoms with van der Waals surface area (Å²) in [6, 6.07) is 12.8. The van der Waals surface area contributed by atoms with Gasteiger partial charge in [-0.3, -0.25) is 14.9 Å². The summed E-state index contributed by atoms with van der Waals surface area (Å²) in [5.74, 6) is -0.747. The van der Waals surface area contributed by atoms with Crippen LogP contribution in [0.4, 0.5) is 11.4 Å². The minimum absolute atomic E-state index is 0.0515. The number of rotatable bonds is 5. The molecule has 2 saturated carbocycles. The molecule has 9 heteroatoms. The number of amides is 1. The number of non-ortho nitro benzene ring substituents is 1. The minimum Gasteiger partial charge on any atom is -0.326 e. The molecule has 0 saturated heterocycles. The summed E-state index contributed by atoms with van der Waals surface area (Å²) >= 11 is 2.22. The van der Waals surface area contributed by atoms with Crippen LogP contribution >= 0.6 is 22.6 Å². The van der Waals surface area contributed by atoms with Gasteiger partial charge in [0.1, 0.15) is 0 Å². The zero-order valence-electron chi connectivity index (χ0n) is 18.6. The quantitative estimate of drug-likeness (QED) is 0.222. The van der Waals surface area contributed by atoms with Gasteiger partial charge < -0.3 is 10.2 Å². The van der Waals surface area contributed by atoms with Crippen molar-refractivity contribution in [2.45, 2.75) is 40.0 Å². The van der Waals surface area contributed by atoms with E-state index in [-0.39, 0.29) is 17.2 Å². The lowest BCUT2D eigenvalue weighted by molar-refractivity contribution is -0.384. The van der Waals surface area contributed by atoms with Crippen molar-refractivity contribution in [1.29, 1.82) is 0 Å². The Morgan fingerprint density at radius 3 is 2.30 bits per heavy atom. The second-order valence-electron chi connectivity index (χ2n) is 9.40. The predicted molar refractivity (Wildman–Crippen MR) is 132 cm³/mol. The molecule has 2 fully saturated rings. The second-order valence-corrected chi connectivity index (χ2v) is 10.6. The van der Waals surface area contributed by atoms with Gasteiger partial charge in [0.05, 0.1) is 21.6 Å². The Bertz CT molecular complexity index is 1160. The highest BCUT2D eigenvalue weighted by molar-refractivity contribution is 14.1. The first-order valence-electron chi connectivity index (χ1n) is 10.6. The molecule has 2 unspecified atom stereocenters. The van der Waals surface area contributed by atoms with Gasteiger partial charge in [0.15, 0.2) is 0 Å². The first-order valence-corrected chi connectivity index (χ1v) is 11.7. The number of benzene rings is 2. The van der Waals surface area contributed by atoms with Gasteiger partial charge in [-0.25, -0.2) is 4.79 Å². The number of halogens is 1. The Kier molecular flexibility index (Phi) is 5.80. The number of fused-ring (bicyclic) bond motifs is 2. The van der Waals surface area contributed by atoms with Crippen LogP contribution in [0.5, 0.6) is 0 Å². The topological polar surface area (TPSA) is 111 Å². The molecule has 2 aromatic carbocycles. The molecule has 1 N–H and O–H groups in total. The van der Waals surface area contributed by atoms with Gasteiger partial charge in [0, 0.05) is 33.2 Å². The van der Waals surface area contributed by atoms with Gasteiger partial charge >= 0.3 is 5.97 Å². The van der Waals surface area contributed by atoms with Gasteiger partial charge in [0.2, 0.25) is 5.91 Å². The molecular weight excluding hydrogens is 537 g/mol. The Balaban J connectivity index is 1.55. The van der Waals surface area contributed by atoms with Crippen LogP contribution in [0.25, 0.3) is 0 Å². The van der Waals surface area contributed by atoms with Crippen molar-refractivity contribution in [3.63, 3.8) is 0 Å². The first kappa shape index (κ1) is 23.3. The van der Waals surface area contributed by atoms with E-state index in [0.29, 0.717) is 12.1 Å². The molecular formula is C24H24IN3O5. The van der Waals surface area contributed by atoms with Gasteiger partial charge in [-0.1, -0.05) is 25.9 Å². The number of nitro groups is 1. The zero-order chi connectivity index (χ0) is 24.0. The normalized spacial score (nSPS) is 26.2. The number of hydrogen-bond acceptors (Lipinski definition) is 6. The van der Waals surface area contributed by atoms with Crippen LogP contribution in [0.1, 0.15) is 50.4 Å². The van der Waals surface area contributed by atoms with Gasteiger partial charge in [-0.2, -0.15) is 0 Å². The SMILES string of the molecule is CC12CCC(C(=O)Nc3ccc(I)cc3)(C/C1=N\OC(=O)c1ccc([N+](=O)[O-])cc1)C2(C)C. The van der Waals surface area contributed by atoms with Crippen LogP contribution in [0.3, 0.4) is 0 Å². The molecule has 33 heavy (non-hydrogen) atoms. The minimum atomic E-state index is -0.695. The molecule has 172 valence electrons. The van der Waals surface area contributed by atoms with Crippen molar-refractivity contribution < 1.29 is 19.3 Å². The average molecular weight is 561 g/mol. The van der Waals surface area contributed by atoms with Crippen molar-refractivity contribution in [2.24, 2.45) is 21.4 Å². The Morgan fingerprint density at radius 2 is 1.70 bits per heavy atom. The van der Waals surface area contributed by atoms with E-state index >= 15 is 0 Å². The largest absolute Gasteiger partial charge is 0.365 e. The number of hydrogen-bond donors (Lipinski definition) is 1. The fourth-order valence-electron chi connectivity index (χ4n) is 5.17. The average Bonchev–Trinajstić information content (AvgIpc) is 3.09. The van der Waals surface area contributed by atoms with Crippen LogP contribution in [-0.2, 0) is 9.63 Å². The second kappa shape index (κ2) is 8.19. The van der Waals surface area contributed by atoms with Gasteiger partial charge in [-0.15, -0.1) is 0 Å². The molecule has 2 aromatic rings. The third-order valence-electron chi connectivity index (χ3n) is 7.82. The molecule has 1 amide bonds. The molecule has 2 aliphatic carbocycles. The zero-order valence-corrected chi connectivity index (χ0v) is 20.7. The van der Waals surface area contributed by atoms with Crippen LogP contribution in [0.15, 0.2) is 53.7 Å². The van der Waals surface area contributed by atoms with Crippen LogP contribution in [0.2, 0.25) is 0 Å². The monoisotopic (exact) mass is 561 g/mol. The van der Waals surface area contributed by atoms with E-state index in [1.165, 1.54) is 24.3 Å². The molecule has 0 spiro atoms. The van der Waals surface area contributed by atoms with E-state index in [2.05, 4.69) is 53.8 Å². The number of anilines is 1. The lowest BCUT2D eigenvalue weighted by Gasteiger charge is -2.39. The third-order valence-corrected chi connectivity index (χ3v) is 8.54. The molecule has 2 aliphatic rings. The summed E-state index contributed by atoms with van der Waals surface area (Å²) in [6.07, 6.45) is 1.89. The maximum absolute atomic E-state index is 13.5. The lowest BCUT2D eigenvalue weighted by atomic mass is 9.64. The maximum atomic E-state index is 13.5. The number of nitrogens with one attached hydrogen (secondary N) is 1. The highest BCUT2D eigenvalue weighted by atomic mass is 127. The summed E-state index contributed by atoms with van der Waals surface area (Å²) in [6.45, 7) is 6.22. The molecule has 8 nitrogen and oxygen atoms in total. The lowest BCUT2D eigenvalue weighted by Crippen LogP contribution is -2.43. The molecule has 0 radical (unpaired) electrons. The van der Waals surface area contributed by atoms with E-state index in [4.69, 9.17) is 4.84 Å². The molecule has 0 heterocycles. The van der Waals surface area contributed by atoms with Crippen molar-refractivity contribution in [3.05, 3.63) is 67.8 Å². The summed E-state index contributed by atoms with van der Waals surface area (Å²) in [5.41, 5.74) is 0.0347. The van der Waals surface area contributed by atoms with Crippen LogP contribution < -0.4 is 5.32 Å². The van der Waals surface area contributed by atoms with Crippen molar-refractivity contribution in [3.8, 4) is 0 Å². The van der Waals surface area contributed by atoms with Gasteiger partial charge in [0.25, 0.3) is 5.69 Å². The molecule has 0 aliphatic heterocycles. The highest BCUT2D eigenvalue weighted by Gasteiger charge is 2.71. The third kappa shape index (κ3) is 3.71. The first-order chi connectivity index (χ1) is 15.5. The van der Waals surface area contributed by atoms with Crippen molar-refractivity contribution >= 4 is 51.6 Å². The fourth-order valence-corrected chi connectivity index (χ4v) is 5.53. The Hall–Kier alpha value is -2.82. The molecule has 0 aromatic heterocycles. The summed E-state index contributed by atoms with van der Waals surface area (Å²) in [4.78, 5) is 41.5. The number of nitrogens with zero attached hydrogens (tertiary/aromatic N) is 2. The standard InChI is InChI=1S/C24H24IN3O5/c1-22(2)23(3)12-13-24(22,21(30)26-17-8-6-16(25)7-9-17)14-19(23)27-33-20(29)15-4-10-18(11-5-15)28(31)32/h4-11H,12-14H2,1-3H3,(H,26,30)/b27-19+. The highest BCUT2D eigenvalue weighted by Crippen LogP contribution is 2.71. The van der Waals surface area contributed by atoms with E-state index in [1.54, 1.807) is 0 Å². The maximum Gasteiger partial charge on any atom is 0.365 e. The van der Waals surface area contributed by atoms with E-state index in [1.807, 2.05) is 24.3 Å². The number of oxime groups is 1. The number of nitro benzene ring substituents is 1.